The minimum absolute atomic E-state index is 0.103. The van der Waals surface area contributed by atoms with E-state index in [9.17, 15) is 5.26 Å². The minimum atomic E-state index is -0.103. The summed E-state index contributed by atoms with van der Waals surface area (Å²) in [6.07, 6.45) is 3.77. The quantitative estimate of drug-likeness (QED) is 0.663. The molecule has 0 radical (unpaired) electrons. The van der Waals surface area contributed by atoms with E-state index in [4.69, 9.17) is 0 Å². The molecule has 1 aromatic carbocycles. The Morgan fingerprint density at radius 2 is 1.81 bits per heavy atom. The van der Waals surface area contributed by atoms with Crippen molar-refractivity contribution in [1.82, 2.24) is 9.55 Å². The lowest BCUT2D eigenvalue weighted by molar-refractivity contribution is 0.408. The zero-order valence-corrected chi connectivity index (χ0v) is 12.5. The van der Waals surface area contributed by atoms with Gasteiger partial charge in [0.1, 0.15) is 11.7 Å². The van der Waals surface area contributed by atoms with E-state index >= 15 is 0 Å². The number of aromatic nitrogens is 2. The first kappa shape index (κ1) is 13.4. The number of nitrogens with zero attached hydrogens (tertiary/aromatic N) is 3. The van der Waals surface area contributed by atoms with Crippen LogP contribution in [0.4, 0.5) is 0 Å². The summed E-state index contributed by atoms with van der Waals surface area (Å²) in [4.78, 5) is 4.60. The van der Waals surface area contributed by atoms with Gasteiger partial charge in [-0.3, -0.25) is 0 Å². The number of hydrogen-bond acceptors (Lipinski definition) is 2. The molecule has 0 saturated heterocycles. The van der Waals surface area contributed by atoms with Gasteiger partial charge in [0, 0.05) is 28.9 Å². The first-order valence-electron chi connectivity index (χ1n) is 6.98. The molecule has 3 nitrogen and oxygen atoms in total. The number of rotatable bonds is 1. The molecule has 0 N–H and O–H groups in total. The van der Waals surface area contributed by atoms with Gasteiger partial charge in [-0.25, -0.2) is 4.98 Å². The molecule has 0 bridgehead atoms. The molecular weight excluding hydrogens is 258 g/mol. The summed E-state index contributed by atoms with van der Waals surface area (Å²) >= 11 is 0. The van der Waals surface area contributed by atoms with Crippen molar-refractivity contribution in [1.29, 1.82) is 5.26 Å². The van der Waals surface area contributed by atoms with Gasteiger partial charge in [-0.2, -0.15) is 5.26 Å². The van der Waals surface area contributed by atoms with E-state index in [1.54, 1.807) is 0 Å². The predicted octanol–water partition coefficient (Wildman–Crippen LogP) is 4.33. The van der Waals surface area contributed by atoms with Crippen LogP contribution in [0, 0.1) is 11.3 Å². The van der Waals surface area contributed by atoms with Gasteiger partial charge in [0.2, 0.25) is 0 Å². The summed E-state index contributed by atoms with van der Waals surface area (Å²) in [7, 11) is 0. The van der Waals surface area contributed by atoms with Crippen molar-refractivity contribution in [3.8, 4) is 17.2 Å². The first-order valence-corrected chi connectivity index (χ1v) is 6.98. The molecule has 0 aliphatic rings. The highest BCUT2D eigenvalue weighted by molar-refractivity contribution is 5.87. The number of nitriles is 1. The molecule has 0 fully saturated rings. The zero-order valence-electron chi connectivity index (χ0n) is 12.5. The molecule has 0 amide bonds. The summed E-state index contributed by atoms with van der Waals surface area (Å²) in [5.74, 6) is 0. The summed E-state index contributed by atoms with van der Waals surface area (Å²) in [5, 5.41) is 10.3. The summed E-state index contributed by atoms with van der Waals surface area (Å²) in [6, 6.07) is 14.4. The van der Waals surface area contributed by atoms with Crippen LogP contribution in [0.1, 0.15) is 26.3 Å². The van der Waals surface area contributed by atoms with Crippen LogP contribution in [0.2, 0.25) is 0 Å². The SMILES string of the molecule is CC(C)(C)n1cc(C#N)c2cc(-c3ccccc3)cnc21. The third kappa shape index (κ3) is 2.30. The molecule has 0 aliphatic heterocycles. The van der Waals surface area contributed by atoms with Gasteiger partial charge in [-0.1, -0.05) is 30.3 Å². The third-order valence-electron chi connectivity index (χ3n) is 3.59. The molecule has 2 heterocycles. The van der Waals surface area contributed by atoms with Gasteiger partial charge in [0.15, 0.2) is 0 Å². The number of hydrogen-bond donors (Lipinski definition) is 0. The highest BCUT2D eigenvalue weighted by atomic mass is 15.1. The van der Waals surface area contributed by atoms with Gasteiger partial charge >= 0.3 is 0 Å². The number of fused-ring (bicyclic) bond motifs is 1. The molecule has 3 rings (SSSR count). The van der Waals surface area contributed by atoms with E-state index in [0.717, 1.165) is 22.2 Å². The van der Waals surface area contributed by atoms with Crippen LogP contribution >= 0.6 is 0 Å². The fourth-order valence-corrected chi connectivity index (χ4v) is 2.50. The van der Waals surface area contributed by atoms with Crippen LogP contribution in [0.3, 0.4) is 0 Å². The Labute approximate surface area is 124 Å². The third-order valence-corrected chi connectivity index (χ3v) is 3.59. The second kappa shape index (κ2) is 4.75. The monoisotopic (exact) mass is 275 g/mol. The lowest BCUT2D eigenvalue weighted by Gasteiger charge is -2.21. The zero-order chi connectivity index (χ0) is 15.0. The Hall–Kier alpha value is -2.60. The van der Waals surface area contributed by atoms with E-state index in [0.29, 0.717) is 5.56 Å². The molecule has 0 atom stereocenters. The average Bonchev–Trinajstić information content (AvgIpc) is 2.86. The van der Waals surface area contributed by atoms with Crippen molar-refractivity contribution in [3.63, 3.8) is 0 Å². The standard InChI is InChI=1S/C18H17N3/c1-18(2,3)21-12-15(10-19)16-9-14(11-20-17(16)21)13-7-5-4-6-8-13/h4-9,11-12H,1-3H3. The molecule has 2 aromatic heterocycles. The second-order valence-electron chi connectivity index (χ2n) is 6.16. The fraction of sp³-hybridized carbons (Fsp3) is 0.222. The van der Waals surface area contributed by atoms with Gasteiger partial charge < -0.3 is 4.57 Å². The molecule has 3 aromatic rings. The molecule has 21 heavy (non-hydrogen) atoms. The molecule has 104 valence electrons. The highest BCUT2D eigenvalue weighted by Crippen LogP contribution is 2.29. The lowest BCUT2D eigenvalue weighted by atomic mass is 10.1. The van der Waals surface area contributed by atoms with E-state index < -0.39 is 0 Å². The maximum Gasteiger partial charge on any atom is 0.141 e. The van der Waals surface area contributed by atoms with E-state index in [1.807, 2.05) is 30.6 Å². The Balaban J connectivity index is 2.26. The lowest BCUT2D eigenvalue weighted by Crippen LogP contribution is -2.20. The Morgan fingerprint density at radius 3 is 2.43 bits per heavy atom. The van der Waals surface area contributed by atoms with Crippen LogP contribution in [0.15, 0.2) is 48.8 Å². The Kier molecular flexibility index (Phi) is 3.03. The normalized spacial score (nSPS) is 11.5. The first-order chi connectivity index (χ1) is 10.0. The van der Waals surface area contributed by atoms with Crippen molar-refractivity contribution in [2.75, 3.05) is 0 Å². The Morgan fingerprint density at radius 1 is 1.10 bits per heavy atom. The van der Waals surface area contributed by atoms with Gasteiger partial charge in [0.05, 0.1) is 5.56 Å². The van der Waals surface area contributed by atoms with E-state index in [1.165, 1.54) is 0 Å². The van der Waals surface area contributed by atoms with Crippen LogP contribution < -0.4 is 0 Å². The van der Waals surface area contributed by atoms with E-state index in [-0.39, 0.29) is 5.54 Å². The Bertz CT molecular complexity index is 831. The maximum absolute atomic E-state index is 9.39. The summed E-state index contributed by atoms with van der Waals surface area (Å²) in [5.41, 5.74) is 3.57. The number of benzene rings is 1. The smallest absolute Gasteiger partial charge is 0.141 e. The maximum atomic E-state index is 9.39. The molecular formula is C18H17N3. The van der Waals surface area contributed by atoms with Crippen molar-refractivity contribution >= 4 is 11.0 Å². The van der Waals surface area contributed by atoms with Crippen LogP contribution in [-0.4, -0.2) is 9.55 Å². The van der Waals surface area contributed by atoms with Crippen molar-refractivity contribution in [3.05, 3.63) is 54.4 Å². The van der Waals surface area contributed by atoms with Gasteiger partial charge in [-0.15, -0.1) is 0 Å². The van der Waals surface area contributed by atoms with Crippen molar-refractivity contribution in [2.45, 2.75) is 26.3 Å². The predicted molar refractivity (Wildman–Crippen MR) is 84.9 cm³/mol. The van der Waals surface area contributed by atoms with E-state index in [2.05, 4.69) is 54.6 Å². The fourth-order valence-electron chi connectivity index (χ4n) is 2.50. The molecule has 0 aliphatic carbocycles. The van der Waals surface area contributed by atoms with Crippen LogP contribution in [0.25, 0.3) is 22.2 Å². The summed E-state index contributed by atoms with van der Waals surface area (Å²) in [6.45, 7) is 6.33. The highest BCUT2D eigenvalue weighted by Gasteiger charge is 2.19. The van der Waals surface area contributed by atoms with Crippen molar-refractivity contribution in [2.24, 2.45) is 0 Å². The number of pyridine rings is 1. The molecule has 0 unspecified atom stereocenters. The largest absolute Gasteiger partial charge is 0.326 e. The average molecular weight is 275 g/mol. The molecule has 0 saturated carbocycles. The summed E-state index contributed by atoms with van der Waals surface area (Å²) < 4.78 is 2.07. The van der Waals surface area contributed by atoms with Crippen LogP contribution in [-0.2, 0) is 5.54 Å². The van der Waals surface area contributed by atoms with Crippen LogP contribution in [0.5, 0.6) is 0 Å². The molecule has 3 heteroatoms. The minimum Gasteiger partial charge on any atom is -0.326 e. The molecule has 0 spiro atoms. The van der Waals surface area contributed by atoms with Crippen molar-refractivity contribution < 1.29 is 0 Å². The van der Waals surface area contributed by atoms with Gasteiger partial charge in [0.25, 0.3) is 0 Å². The second-order valence-corrected chi connectivity index (χ2v) is 6.16. The topological polar surface area (TPSA) is 41.6 Å². The van der Waals surface area contributed by atoms with Gasteiger partial charge in [-0.05, 0) is 32.4 Å².